The number of oxazole rings is 1. The first-order valence-corrected chi connectivity index (χ1v) is 10.3. The zero-order valence-electron chi connectivity index (χ0n) is 16.0. The van der Waals surface area contributed by atoms with Crippen molar-refractivity contribution < 1.29 is 9.21 Å². The van der Waals surface area contributed by atoms with E-state index in [-0.39, 0.29) is 17.7 Å². The fraction of sp³-hybridized carbons (Fsp3) is 0.0833. The van der Waals surface area contributed by atoms with Gasteiger partial charge in [-0.25, -0.2) is 0 Å². The van der Waals surface area contributed by atoms with E-state index in [0.717, 1.165) is 16.0 Å². The van der Waals surface area contributed by atoms with Crippen molar-refractivity contribution in [3.63, 3.8) is 0 Å². The highest BCUT2D eigenvalue weighted by Gasteiger charge is 2.18. The molecule has 0 aliphatic carbocycles. The molecule has 4 rings (SSSR count). The van der Waals surface area contributed by atoms with Crippen molar-refractivity contribution in [3.05, 3.63) is 90.5 Å². The van der Waals surface area contributed by atoms with Crippen LogP contribution in [0.3, 0.4) is 0 Å². The predicted octanol–water partition coefficient (Wildman–Crippen LogP) is 6.05. The van der Waals surface area contributed by atoms with Gasteiger partial charge in [0.1, 0.15) is 5.69 Å². The molecule has 0 radical (unpaired) electrons. The lowest BCUT2D eigenvalue weighted by Gasteiger charge is -2.02. The normalized spacial score (nSPS) is 10.7. The summed E-state index contributed by atoms with van der Waals surface area (Å²) in [6.45, 7) is 2.04. The standard InChI is InChI=1S/C24H20N2O2S/c1-17-12-14-20(15-13-17)29-16-21(27)25-24-26-22(18-8-4-2-5-9-18)23(28-24)19-10-6-3-7-11-19/h2-15H,16H2,1H3,(H,25,26,27). The van der Waals surface area contributed by atoms with Gasteiger partial charge < -0.3 is 4.42 Å². The molecule has 0 atom stereocenters. The summed E-state index contributed by atoms with van der Waals surface area (Å²) >= 11 is 1.48. The van der Waals surface area contributed by atoms with Crippen molar-refractivity contribution in [2.45, 2.75) is 11.8 Å². The van der Waals surface area contributed by atoms with Crippen LogP contribution in [-0.2, 0) is 4.79 Å². The lowest BCUT2D eigenvalue weighted by molar-refractivity contribution is -0.113. The highest BCUT2D eigenvalue weighted by molar-refractivity contribution is 8.00. The number of benzene rings is 3. The van der Waals surface area contributed by atoms with E-state index in [9.17, 15) is 4.79 Å². The number of thioether (sulfide) groups is 1. The number of rotatable bonds is 6. The monoisotopic (exact) mass is 400 g/mol. The highest BCUT2D eigenvalue weighted by atomic mass is 32.2. The van der Waals surface area contributed by atoms with Crippen LogP contribution >= 0.6 is 11.8 Å². The van der Waals surface area contributed by atoms with Crippen LogP contribution < -0.4 is 5.32 Å². The predicted molar refractivity (Wildman–Crippen MR) is 118 cm³/mol. The summed E-state index contributed by atoms with van der Waals surface area (Å²) in [5.74, 6) is 0.765. The Kier molecular flexibility index (Phi) is 5.77. The lowest BCUT2D eigenvalue weighted by Crippen LogP contribution is -2.14. The largest absolute Gasteiger partial charge is 0.423 e. The fourth-order valence-electron chi connectivity index (χ4n) is 2.89. The molecule has 0 aliphatic heterocycles. The molecule has 0 saturated heterocycles. The summed E-state index contributed by atoms with van der Waals surface area (Å²) in [5, 5.41) is 2.79. The van der Waals surface area contributed by atoms with Crippen LogP contribution in [-0.4, -0.2) is 16.6 Å². The molecule has 4 aromatic rings. The Morgan fingerprint density at radius 1 is 0.897 bits per heavy atom. The zero-order valence-corrected chi connectivity index (χ0v) is 16.8. The average Bonchev–Trinajstić information content (AvgIpc) is 3.18. The van der Waals surface area contributed by atoms with Gasteiger partial charge in [0.15, 0.2) is 5.76 Å². The molecule has 0 fully saturated rings. The first-order chi connectivity index (χ1) is 14.2. The van der Waals surface area contributed by atoms with E-state index < -0.39 is 0 Å². The van der Waals surface area contributed by atoms with Crippen molar-refractivity contribution in [1.29, 1.82) is 0 Å². The molecule has 1 amide bonds. The summed E-state index contributed by atoms with van der Waals surface area (Å²) in [6, 6.07) is 27.9. The van der Waals surface area contributed by atoms with Gasteiger partial charge in [-0.2, -0.15) is 4.98 Å². The van der Waals surface area contributed by atoms with E-state index in [2.05, 4.69) is 10.3 Å². The van der Waals surface area contributed by atoms with Gasteiger partial charge in [0.05, 0.1) is 5.75 Å². The van der Waals surface area contributed by atoms with Crippen LogP contribution in [0.25, 0.3) is 22.6 Å². The van der Waals surface area contributed by atoms with Crippen LogP contribution in [0.4, 0.5) is 6.01 Å². The van der Waals surface area contributed by atoms with E-state index in [1.165, 1.54) is 17.3 Å². The number of carbonyl (C=O) groups excluding carboxylic acids is 1. The van der Waals surface area contributed by atoms with Crippen molar-refractivity contribution in [3.8, 4) is 22.6 Å². The minimum Gasteiger partial charge on any atom is -0.423 e. The summed E-state index contributed by atoms with van der Waals surface area (Å²) < 4.78 is 5.94. The first-order valence-electron chi connectivity index (χ1n) is 9.30. The SMILES string of the molecule is Cc1ccc(SCC(=O)Nc2nc(-c3ccccc3)c(-c3ccccc3)o2)cc1. The van der Waals surface area contributed by atoms with E-state index in [0.29, 0.717) is 11.5 Å². The molecule has 0 spiro atoms. The number of hydrogen-bond donors (Lipinski definition) is 1. The quantitative estimate of drug-likeness (QED) is 0.400. The second-order valence-electron chi connectivity index (χ2n) is 6.58. The third-order valence-electron chi connectivity index (χ3n) is 4.35. The molecule has 144 valence electrons. The molecule has 0 saturated carbocycles. The second-order valence-corrected chi connectivity index (χ2v) is 7.63. The summed E-state index contributed by atoms with van der Waals surface area (Å²) in [7, 11) is 0. The maximum absolute atomic E-state index is 12.4. The molecule has 1 N–H and O–H groups in total. The van der Waals surface area contributed by atoms with Crippen LogP contribution in [0.5, 0.6) is 0 Å². The average molecular weight is 401 g/mol. The highest BCUT2D eigenvalue weighted by Crippen LogP contribution is 2.34. The van der Waals surface area contributed by atoms with Crippen molar-refractivity contribution in [2.75, 3.05) is 11.1 Å². The molecule has 1 aromatic heterocycles. The van der Waals surface area contributed by atoms with Crippen LogP contribution in [0.1, 0.15) is 5.56 Å². The Balaban J connectivity index is 1.54. The molecule has 0 unspecified atom stereocenters. The number of hydrogen-bond acceptors (Lipinski definition) is 4. The Hall–Kier alpha value is -3.31. The molecule has 3 aromatic carbocycles. The molecule has 29 heavy (non-hydrogen) atoms. The molecular formula is C24H20N2O2S. The van der Waals surface area contributed by atoms with E-state index >= 15 is 0 Å². The van der Waals surface area contributed by atoms with E-state index in [4.69, 9.17) is 4.42 Å². The van der Waals surface area contributed by atoms with Crippen LogP contribution in [0.15, 0.2) is 94.2 Å². The number of carbonyl (C=O) groups is 1. The first kappa shape index (κ1) is 19.0. The molecule has 0 aliphatic rings. The van der Waals surface area contributed by atoms with Gasteiger partial charge in [0, 0.05) is 16.0 Å². The number of aryl methyl sites for hydroxylation is 1. The minimum absolute atomic E-state index is 0.156. The van der Waals surface area contributed by atoms with E-state index in [1.807, 2.05) is 91.9 Å². The van der Waals surface area contributed by atoms with Gasteiger partial charge in [-0.3, -0.25) is 10.1 Å². The van der Waals surface area contributed by atoms with Gasteiger partial charge in [0.25, 0.3) is 0 Å². The summed E-state index contributed by atoms with van der Waals surface area (Å²) in [6.07, 6.45) is 0. The molecule has 5 heteroatoms. The third kappa shape index (κ3) is 4.76. The Bertz CT molecular complexity index is 1030. The van der Waals surface area contributed by atoms with Gasteiger partial charge in [-0.15, -0.1) is 11.8 Å². The topological polar surface area (TPSA) is 55.1 Å². The number of nitrogens with zero attached hydrogens (tertiary/aromatic N) is 1. The number of amides is 1. The van der Waals surface area contributed by atoms with Crippen LogP contribution in [0, 0.1) is 6.92 Å². The van der Waals surface area contributed by atoms with Crippen molar-refractivity contribution in [1.82, 2.24) is 4.98 Å². The Labute approximate surface area is 174 Å². The van der Waals surface area contributed by atoms with Gasteiger partial charge in [-0.1, -0.05) is 78.4 Å². The fourth-order valence-corrected chi connectivity index (χ4v) is 3.59. The molecule has 0 bridgehead atoms. The Morgan fingerprint density at radius 3 is 2.17 bits per heavy atom. The summed E-state index contributed by atoms with van der Waals surface area (Å²) in [4.78, 5) is 18.0. The smallest absolute Gasteiger partial charge is 0.302 e. The summed E-state index contributed by atoms with van der Waals surface area (Å²) in [5.41, 5.74) is 3.75. The number of aromatic nitrogens is 1. The zero-order chi connectivity index (χ0) is 20.1. The van der Waals surface area contributed by atoms with E-state index in [1.54, 1.807) is 0 Å². The van der Waals surface area contributed by atoms with Gasteiger partial charge in [-0.05, 0) is 19.1 Å². The van der Waals surface area contributed by atoms with Crippen molar-refractivity contribution >= 4 is 23.7 Å². The second kappa shape index (κ2) is 8.80. The maximum Gasteiger partial charge on any atom is 0.302 e. The molecule has 1 heterocycles. The number of nitrogens with one attached hydrogen (secondary N) is 1. The number of anilines is 1. The van der Waals surface area contributed by atoms with Gasteiger partial charge in [0.2, 0.25) is 5.91 Å². The Morgan fingerprint density at radius 2 is 1.52 bits per heavy atom. The molecular weight excluding hydrogens is 380 g/mol. The lowest BCUT2D eigenvalue weighted by atomic mass is 10.1. The maximum atomic E-state index is 12.4. The minimum atomic E-state index is -0.156. The van der Waals surface area contributed by atoms with Crippen LogP contribution in [0.2, 0.25) is 0 Å². The van der Waals surface area contributed by atoms with Crippen molar-refractivity contribution in [2.24, 2.45) is 0 Å². The van der Waals surface area contributed by atoms with Gasteiger partial charge >= 0.3 is 6.01 Å². The molecule has 4 nitrogen and oxygen atoms in total. The third-order valence-corrected chi connectivity index (χ3v) is 5.36.